The molecule has 0 fully saturated rings. The first-order valence-electron chi connectivity index (χ1n) is 6.97. The molecule has 0 bridgehead atoms. The molecule has 6 nitrogen and oxygen atoms in total. The molecule has 0 unspecified atom stereocenters. The molecular formula is C17H9N3O3S. The second-order valence-corrected chi connectivity index (χ2v) is 6.16. The van der Waals surface area contributed by atoms with Gasteiger partial charge in [0.25, 0.3) is 5.56 Å². The third-order valence-corrected chi connectivity index (χ3v) is 4.72. The predicted octanol–water partition coefficient (Wildman–Crippen LogP) is 2.86. The summed E-state index contributed by atoms with van der Waals surface area (Å²) in [6.45, 7) is 0. The van der Waals surface area contributed by atoms with Gasteiger partial charge >= 0.3 is 0 Å². The molecule has 7 heteroatoms. The second-order valence-electron chi connectivity index (χ2n) is 5.15. The summed E-state index contributed by atoms with van der Waals surface area (Å²) >= 11 is 1.20. The Kier molecular flexibility index (Phi) is 3.01. The summed E-state index contributed by atoms with van der Waals surface area (Å²) < 4.78 is 2.30. The standard InChI is InChI=1S/C17H9N3O3S/c18-8-10-15(9-4-2-1-3-5-9)20-11-6-12(21)13(22)7-14(11)24-17(20)19-16(10)23/h1-7,21-22H. The number of nitriles is 1. The molecular weight excluding hydrogens is 326 g/mol. The van der Waals surface area contributed by atoms with E-state index >= 15 is 0 Å². The summed E-state index contributed by atoms with van der Waals surface area (Å²) in [6, 6.07) is 13.8. The van der Waals surface area contributed by atoms with Crippen molar-refractivity contribution in [3.05, 3.63) is 58.4 Å². The molecule has 0 saturated heterocycles. The van der Waals surface area contributed by atoms with Gasteiger partial charge in [0, 0.05) is 17.7 Å². The van der Waals surface area contributed by atoms with Crippen molar-refractivity contribution in [3.8, 4) is 28.8 Å². The summed E-state index contributed by atoms with van der Waals surface area (Å²) in [6.07, 6.45) is 0. The molecule has 0 aliphatic carbocycles. The first-order valence-corrected chi connectivity index (χ1v) is 7.78. The molecule has 0 amide bonds. The average molecular weight is 335 g/mol. The van der Waals surface area contributed by atoms with Crippen molar-refractivity contribution in [3.63, 3.8) is 0 Å². The van der Waals surface area contributed by atoms with Crippen LogP contribution in [0.15, 0.2) is 47.3 Å². The van der Waals surface area contributed by atoms with Gasteiger partial charge in [0.2, 0.25) is 0 Å². The maximum atomic E-state index is 12.2. The van der Waals surface area contributed by atoms with Crippen LogP contribution in [-0.4, -0.2) is 19.6 Å². The molecule has 0 saturated carbocycles. The average Bonchev–Trinajstić information content (AvgIpc) is 2.91. The molecule has 24 heavy (non-hydrogen) atoms. The number of fused-ring (bicyclic) bond motifs is 3. The number of hydrogen-bond acceptors (Lipinski definition) is 6. The lowest BCUT2D eigenvalue weighted by Gasteiger charge is -2.08. The Balaban J connectivity index is 2.28. The molecule has 4 rings (SSSR count). The minimum Gasteiger partial charge on any atom is -0.504 e. The van der Waals surface area contributed by atoms with Crippen LogP contribution in [-0.2, 0) is 0 Å². The summed E-state index contributed by atoms with van der Waals surface area (Å²) in [7, 11) is 0. The lowest BCUT2D eigenvalue weighted by atomic mass is 10.1. The number of aromatic hydroxyl groups is 2. The SMILES string of the molecule is N#Cc1c(-c2ccccc2)n2c(nc1=O)sc1cc(O)c(O)cc12. The highest BCUT2D eigenvalue weighted by Crippen LogP contribution is 2.37. The Labute approximate surface area is 139 Å². The van der Waals surface area contributed by atoms with E-state index in [0.29, 0.717) is 26.4 Å². The number of thiazole rings is 1. The fourth-order valence-electron chi connectivity index (χ4n) is 2.67. The molecule has 0 aliphatic rings. The van der Waals surface area contributed by atoms with E-state index in [9.17, 15) is 20.3 Å². The fraction of sp³-hybridized carbons (Fsp3) is 0. The lowest BCUT2D eigenvalue weighted by Crippen LogP contribution is -2.15. The Morgan fingerprint density at radius 3 is 2.54 bits per heavy atom. The molecule has 116 valence electrons. The highest BCUT2D eigenvalue weighted by molar-refractivity contribution is 7.23. The first kappa shape index (κ1) is 14.2. The third kappa shape index (κ3) is 1.94. The molecule has 2 heterocycles. The van der Waals surface area contributed by atoms with E-state index in [1.54, 1.807) is 16.5 Å². The summed E-state index contributed by atoms with van der Waals surface area (Å²) in [5.74, 6) is -0.530. The Morgan fingerprint density at radius 2 is 1.83 bits per heavy atom. The molecule has 4 aromatic rings. The van der Waals surface area contributed by atoms with E-state index in [4.69, 9.17) is 0 Å². The van der Waals surface area contributed by atoms with Gasteiger partial charge in [0.05, 0.1) is 15.9 Å². The Morgan fingerprint density at radius 1 is 1.12 bits per heavy atom. The second kappa shape index (κ2) is 5.08. The molecule has 0 spiro atoms. The zero-order valence-electron chi connectivity index (χ0n) is 12.1. The van der Waals surface area contributed by atoms with Crippen LogP contribution in [0.5, 0.6) is 11.5 Å². The number of benzene rings is 2. The highest BCUT2D eigenvalue weighted by atomic mass is 32.1. The fourth-order valence-corrected chi connectivity index (χ4v) is 3.70. The molecule has 2 aromatic heterocycles. The molecule has 2 aromatic carbocycles. The smallest absolute Gasteiger partial charge is 0.292 e. The normalized spacial score (nSPS) is 11.0. The number of rotatable bonds is 1. The monoisotopic (exact) mass is 335 g/mol. The minimum atomic E-state index is -0.601. The van der Waals surface area contributed by atoms with Gasteiger partial charge in [-0.1, -0.05) is 41.7 Å². The van der Waals surface area contributed by atoms with Gasteiger partial charge in [-0.25, -0.2) is 0 Å². The van der Waals surface area contributed by atoms with Crippen LogP contribution in [0.4, 0.5) is 0 Å². The summed E-state index contributed by atoms with van der Waals surface area (Å²) in [5.41, 5.74) is 1.01. The quantitative estimate of drug-likeness (QED) is 0.521. The van der Waals surface area contributed by atoms with Crippen LogP contribution in [0.25, 0.3) is 26.4 Å². The lowest BCUT2D eigenvalue weighted by molar-refractivity contribution is 0.405. The summed E-state index contributed by atoms with van der Waals surface area (Å²) in [4.78, 5) is 16.6. The third-order valence-electron chi connectivity index (χ3n) is 3.72. The van der Waals surface area contributed by atoms with Gasteiger partial charge in [-0.05, 0) is 0 Å². The maximum Gasteiger partial charge on any atom is 0.292 e. The van der Waals surface area contributed by atoms with Crippen LogP contribution in [0.3, 0.4) is 0 Å². The van der Waals surface area contributed by atoms with Crippen molar-refractivity contribution in [1.29, 1.82) is 5.26 Å². The number of phenolic OH excluding ortho intramolecular Hbond substituents is 2. The van der Waals surface area contributed by atoms with Crippen molar-refractivity contribution in [2.45, 2.75) is 0 Å². The van der Waals surface area contributed by atoms with Gasteiger partial charge < -0.3 is 10.2 Å². The van der Waals surface area contributed by atoms with E-state index in [2.05, 4.69) is 4.98 Å². The Hall–Kier alpha value is -3.37. The zero-order valence-corrected chi connectivity index (χ0v) is 12.9. The Bertz CT molecular complexity index is 1200. The van der Waals surface area contributed by atoms with Crippen molar-refractivity contribution in [2.24, 2.45) is 0 Å². The predicted molar refractivity (Wildman–Crippen MR) is 90.3 cm³/mol. The van der Waals surface area contributed by atoms with Crippen LogP contribution in [0, 0.1) is 11.3 Å². The molecule has 2 N–H and O–H groups in total. The largest absolute Gasteiger partial charge is 0.504 e. The van der Waals surface area contributed by atoms with Gasteiger partial charge in [-0.2, -0.15) is 10.2 Å². The van der Waals surface area contributed by atoms with E-state index in [1.165, 1.54) is 23.5 Å². The highest BCUT2D eigenvalue weighted by Gasteiger charge is 2.19. The maximum absolute atomic E-state index is 12.2. The minimum absolute atomic E-state index is 0.0639. The van der Waals surface area contributed by atoms with Gasteiger partial charge in [0.15, 0.2) is 16.5 Å². The van der Waals surface area contributed by atoms with Crippen molar-refractivity contribution >= 4 is 26.5 Å². The van der Waals surface area contributed by atoms with Gasteiger partial charge in [-0.15, -0.1) is 0 Å². The molecule has 0 radical (unpaired) electrons. The van der Waals surface area contributed by atoms with Crippen molar-refractivity contribution in [2.75, 3.05) is 0 Å². The van der Waals surface area contributed by atoms with Crippen molar-refractivity contribution < 1.29 is 10.2 Å². The number of phenols is 2. The van der Waals surface area contributed by atoms with E-state index in [0.717, 1.165) is 0 Å². The number of hydrogen-bond donors (Lipinski definition) is 2. The summed E-state index contributed by atoms with van der Waals surface area (Å²) in [5, 5.41) is 29.0. The molecule has 0 atom stereocenters. The van der Waals surface area contributed by atoms with E-state index < -0.39 is 5.56 Å². The van der Waals surface area contributed by atoms with Gasteiger partial charge in [0.1, 0.15) is 11.6 Å². The van der Waals surface area contributed by atoms with Gasteiger partial charge in [-0.3, -0.25) is 9.20 Å². The topological polar surface area (TPSA) is 98.6 Å². The van der Waals surface area contributed by atoms with Crippen LogP contribution in [0.1, 0.15) is 5.56 Å². The molecule has 0 aliphatic heterocycles. The number of aromatic nitrogens is 2. The zero-order chi connectivity index (χ0) is 16.8. The van der Waals surface area contributed by atoms with Crippen LogP contribution >= 0.6 is 11.3 Å². The van der Waals surface area contributed by atoms with Crippen molar-refractivity contribution in [1.82, 2.24) is 9.38 Å². The van der Waals surface area contributed by atoms with Crippen LogP contribution in [0.2, 0.25) is 0 Å². The first-order chi connectivity index (χ1) is 11.6. The van der Waals surface area contributed by atoms with Crippen LogP contribution < -0.4 is 5.56 Å². The van der Waals surface area contributed by atoms with E-state index in [-0.39, 0.29) is 17.1 Å². The van der Waals surface area contributed by atoms with E-state index in [1.807, 2.05) is 24.3 Å². The number of nitrogens with zero attached hydrogens (tertiary/aromatic N) is 3.